The van der Waals surface area contributed by atoms with Crippen molar-refractivity contribution >= 4 is 11.8 Å². The lowest BCUT2D eigenvalue weighted by Crippen LogP contribution is -2.36. The molecule has 19 heavy (non-hydrogen) atoms. The number of nitrogens with two attached hydrogens (primary N) is 1. The molecule has 0 atom stereocenters. The van der Waals surface area contributed by atoms with Crippen molar-refractivity contribution in [1.29, 1.82) is 0 Å². The van der Waals surface area contributed by atoms with Crippen molar-refractivity contribution in [2.75, 3.05) is 13.6 Å². The maximum absolute atomic E-state index is 12.2. The van der Waals surface area contributed by atoms with Crippen LogP contribution in [0.2, 0.25) is 0 Å². The summed E-state index contributed by atoms with van der Waals surface area (Å²) < 4.78 is 1.67. The molecule has 2 rings (SSSR count). The van der Waals surface area contributed by atoms with E-state index in [0.29, 0.717) is 5.69 Å². The van der Waals surface area contributed by atoms with Crippen molar-refractivity contribution in [3.8, 4) is 5.69 Å². The van der Waals surface area contributed by atoms with E-state index in [-0.39, 0.29) is 12.5 Å². The van der Waals surface area contributed by atoms with Gasteiger partial charge in [0, 0.05) is 12.7 Å². The van der Waals surface area contributed by atoms with Crippen LogP contribution in [-0.2, 0) is 4.79 Å². The van der Waals surface area contributed by atoms with E-state index >= 15 is 0 Å². The van der Waals surface area contributed by atoms with Crippen molar-refractivity contribution < 1.29 is 9.59 Å². The first-order valence-corrected chi connectivity index (χ1v) is 5.71. The van der Waals surface area contributed by atoms with Gasteiger partial charge in [0.2, 0.25) is 5.91 Å². The number of nitrogens with zero attached hydrogens (tertiary/aromatic N) is 3. The Morgan fingerprint density at radius 2 is 2.00 bits per heavy atom. The van der Waals surface area contributed by atoms with Gasteiger partial charge in [-0.1, -0.05) is 18.2 Å². The Bertz CT molecular complexity index is 592. The number of carbonyl (C=O) groups excluding carboxylic acids is 2. The Morgan fingerprint density at radius 1 is 1.32 bits per heavy atom. The second-order valence-electron chi connectivity index (χ2n) is 4.11. The summed E-state index contributed by atoms with van der Waals surface area (Å²) in [4.78, 5) is 28.3. The molecule has 0 fully saturated rings. The van der Waals surface area contributed by atoms with E-state index in [1.807, 2.05) is 30.3 Å². The molecule has 1 aromatic heterocycles. The molecule has 0 radical (unpaired) electrons. The van der Waals surface area contributed by atoms with Gasteiger partial charge in [0.15, 0.2) is 0 Å². The van der Waals surface area contributed by atoms with Crippen LogP contribution in [0.5, 0.6) is 0 Å². The third kappa shape index (κ3) is 2.79. The van der Waals surface area contributed by atoms with Gasteiger partial charge in [-0.3, -0.25) is 14.2 Å². The predicted octanol–water partition coefficient (Wildman–Crippen LogP) is 0.430. The van der Waals surface area contributed by atoms with Gasteiger partial charge in [-0.05, 0) is 12.1 Å². The fourth-order valence-corrected chi connectivity index (χ4v) is 1.75. The molecule has 0 spiro atoms. The minimum Gasteiger partial charge on any atom is -0.368 e. The van der Waals surface area contributed by atoms with Crippen LogP contribution in [0.4, 0.5) is 0 Å². The molecule has 6 heteroatoms. The monoisotopic (exact) mass is 258 g/mol. The van der Waals surface area contributed by atoms with E-state index in [0.717, 1.165) is 5.69 Å². The molecule has 0 bridgehead atoms. The lowest BCUT2D eigenvalue weighted by molar-refractivity contribution is -0.118. The standard InChI is InChI=1S/C13H14N4O2/c1-16(8-12(14)18)13(19)11-7-15-9-17(11)10-5-3-2-4-6-10/h2-7,9H,8H2,1H3,(H2,14,18). The number of para-hydroxylation sites is 1. The van der Waals surface area contributed by atoms with Crippen LogP contribution >= 0.6 is 0 Å². The van der Waals surface area contributed by atoms with Gasteiger partial charge in [-0.25, -0.2) is 4.98 Å². The van der Waals surface area contributed by atoms with Gasteiger partial charge in [0.25, 0.3) is 5.91 Å². The van der Waals surface area contributed by atoms with Crippen LogP contribution in [0, 0.1) is 0 Å². The summed E-state index contributed by atoms with van der Waals surface area (Å²) in [5.41, 5.74) is 6.29. The molecule has 1 aromatic carbocycles. The Labute approximate surface area is 110 Å². The summed E-state index contributed by atoms with van der Waals surface area (Å²) in [5.74, 6) is -0.859. The quantitative estimate of drug-likeness (QED) is 0.863. The molecular weight excluding hydrogens is 244 g/mol. The molecule has 0 aliphatic rings. The van der Waals surface area contributed by atoms with Crippen LogP contribution in [0.1, 0.15) is 10.5 Å². The highest BCUT2D eigenvalue weighted by Crippen LogP contribution is 2.12. The van der Waals surface area contributed by atoms with Crippen molar-refractivity contribution in [1.82, 2.24) is 14.5 Å². The third-order valence-corrected chi connectivity index (χ3v) is 2.63. The summed E-state index contributed by atoms with van der Waals surface area (Å²) in [6.45, 7) is -0.126. The summed E-state index contributed by atoms with van der Waals surface area (Å²) in [6.07, 6.45) is 3.02. The van der Waals surface area contributed by atoms with Crippen molar-refractivity contribution in [2.24, 2.45) is 5.73 Å². The highest BCUT2D eigenvalue weighted by molar-refractivity contribution is 5.95. The molecule has 2 N–H and O–H groups in total. The lowest BCUT2D eigenvalue weighted by atomic mass is 10.3. The second kappa shape index (κ2) is 5.34. The molecule has 0 aliphatic heterocycles. The molecule has 0 unspecified atom stereocenters. The van der Waals surface area contributed by atoms with Crippen LogP contribution in [0.3, 0.4) is 0 Å². The minimum absolute atomic E-state index is 0.126. The van der Waals surface area contributed by atoms with E-state index in [4.69, 9.17) is 5.73 Å². The first-order chi connectivity index (χ1) is 9.09. The second-order valence-corrected chi connectivity index (χ2v) is 4.11. The molecule has 1 heterocycles. The first-order valence-electron chi connectivity index (χ1n) is 5.71. The Kier molecular flexibility index (Phi) is 3.61. The number of carbonyl (C=O) groups is 2. The molecule has 0 saturated carbocycles. The first kappa shape index (κ1) is 12.8. The molecule has 6 nitrogen and oxygen atoms in total. The SMILES string of the molecule is CN(CC(N)=O)C(=O)c1cncn1-c1ccccc1. The Hall–Kier alpha value is -2.63. The van der Waals surface area contributed by atoms with Crippen molar-refractivity contribution in [3.63, 3.8) is 0 Å². The van der Waals surface area contributed by atoms with E-state index < -0.39 is 5.91 Å². The van der Waals surface area contributed by atoms with E-state index in [1.165, 1.54) is 18.1 Å². The number of aromatic nitrogens is 2. The topological polar surface area (TPSA) is 81.2 Å². The predicted molar refractivity (Wildman–Crippen MR) is 69.7 cm³/mol. The normalized spacial score (nSPS) is 10.2. The number of benzene rings is 1. The summed E-state index contributed by atoms with van der Waals surface area (Å²) >= 11 is 0. The van der Waals surface area contributed by atoms with Gasteiger partial charge in [0.1, 0.15) is 5.69 Å². The lowest BCUT2D eigenvalue weighted by Gasteiger charge is -2.16. The number of imidazole rings is 1. The van der Waals surface area contributed by atoms with Crippen LogP contribution in [0.15, 0.2) is 42.9 Å². The molecular formula is C13H14N4O2. The average molecular weight is 258 g/mol. The molecule has 2 aromatic rings. The zero-order valence-electron chi connectivity index (χ0n) is 10.5. The zero-order valence-corrected chi connectivity index (χ0v) is 10.5. The van der Waals surface area contributed by atoms with Crippen LogP contribution in [-0.4, -0.2) is 39.9 Å². The van der Waals surface area contributed by atoms with E-state index in [1.54, 1.807) is 10.9 Å². The number of rotatable bonds is 4. The molecule has 0 saturated heterocycles. The number of primary amides is 1. The number of hydrogen-bond donors (Lipinski definition) is 1. The van der Waals surface area contributed by atoms with Crippen molar-refractivity contribution in [3.05, 3.63) is 48.5 Å². The van der Waals surface area contributed by atoms with E-state index in [2.05, 4.69) is 4.98 Å². The minimum atomic E-state index is -0.554. The maximum atomic E-state index is 12.2. The zero-order chi connectivity index (χ0) is 13.8. The van der Waals surface area contributed by atoms with E-state index in [9.17, 15) is 9.59 Å². The maximum Gasteiger partial charge on any atom is 0.272 e. The van der Waals surface area contributed by atoms with Crippen LogP contribution in [0.25, 0.3) is 5.69 Å². The smallest absolute Gasteiger partial charge is 0.272 e. The number of hydrogen-bond acceptors (Lipinski definition) is 3. The van der Waals surface area contributed by atoms with Gasteiger partial charge in [0.05, 0.1) is 19.1 Å². The van der Waals surface area contributed by atoms with Gasteiger partial charge in [-0.15, -0.1) is 0 Å². The Morgan fingerprint density at radius 3 is 2.63 bits per heavy atom. The number of likely N-dealkylation sites (N-methyl/N-ethyl adjacent to an activating group) is 1. The highest BCUT2D eigenvalue weighted by atomic mass is 16.2. The molecule has 0 aliphatic carbocycles. The summed E-state index contributed by atoms with van der Waals surface area (Å²) in [7, 11) is 1.52. The fraction of sp³-hybridized carbons (Fsp3) is 0.154. The third-order valence-electron chi connectivity index (χ3n) is 2.63. The van der Waals surface area contributed by atoms with Crippen molar-refractivity contribution in [2.45, 2.75) is 0 Å². The van der Waals surface area contributed by atoms with Crippen LogP contribution < -0.4 is 5.73 Å². The van der Waals surface area contributed by atoms with Gasteiger partial charge >= 0.3 is 0 Å². The average Bonchev–Trinajstić information content (AvgIpc) is 2.87. The Balaban J connectivity index is 2.30. The molecule has 98 valence electrons. The summed E-state index contributed by atoms with van der Waals surface area (Å²) in [5, 5.41) is 0. The van der Waals surface area contributed by atoms with Gasteiger partial charge in [-0.2, -0.15) is 0 Å². The largest absolute Gasteiger partial charge is 0.368 e. The highest BCUT2D eigenvalue weighted by Gasteiger charge is 2.18. The fourth-order valence-electron chi connectivity index (χ4n) is 1.75. The number of amides is 2. The van der Waals surface area contributed by atoms with Gasteiger partial charge < -0.3 is 10.6 Å². The summed E-state index contributed by atoms with van der Waals surface area (Å²) in [6, 6.07) is 9.37. The molecule has 2 amide bonds.